The van der Waals surface area contributed by atoms with Crippen molar-refractivity contribution in [1.29, 1.82) is 0 Å². The van der Waals surface area contributed by atoms with Gasteiger partial charge in [-0.2, -0.15) is 0 Å². The summed E-state index contributed by atoms with van der Waals surface area (Å²) in [6, 6.07) is 13.6. The van der Waals surface area contributed by atoms with Crippen molar-refractivity contribution in [2.24, 2.45) is 11.5 Å². The zero-order valence-corrected chi connectivity index (χ0v) is 15.9. The lowest BCUT2D eigenvalue weighted by Gasteiger charge is -2.14. The van der Waals surface area contributed by atoms with Gasteiger partial charge in [0.25, 0.3) is 11.8 Å². The molecule has 29 heavy (non-hydrogen) atoms. The van der Waals surface area contributed by atoms with Gasteiger partial charge in [-0.05, 0) is 42.0 Å². The Morgan fingerprint density at radius 3 is 2.07 bits per heavy atom. The third-order valence-corrected chi connectivity index (χ3v) is 4.07. The lowest BCUT2D eigenvalue weighted by Crippen LogP contribution is -2.50. The zero-order chi connectivity index (χ0) is 21.1. The van der Waals surface area contributed by atoms with Crippen LogP contribution in [-0.2, 0) is 11.3 Å². The summed E-state index contributed by atoms with van der Waals surface area (Å²) in [6.07, 6.45) is 0. The predicted molar refractivity (Wildman–Crippen MR) is 110 cm³/mol. The van der Waals surface area contributed by atoms with E-state index in [4.69, 9.17) is 16.7 Å². The standard InChI is InChI=1S/C21H25N5O3/c22-11-12-24-14-17-5-3-15(4-6-17)1-2-16-7-9-18(10-8-16)20(27)25-19(13-23)21(28)26-29/h3-10,19,24,29H,11-14,22-23H2,(H,25,27)(H,26,28)/t19-/m0/s1. The van der Waals surface area contributed by atoms with Crippen molar-refractivity contribution in [3.8, 4) is 11.8 Å². The molecule has 2 rings (SSSR count). The molecule has 0 aromatic heterocycles. The van der Waals surface area contributed by atoms with E-state index in [-0.39, 0.29) is 6.54 Å². The molecule has 0 heterocycles. The van der Waals surface area contributed by atoms with Crippen LogP contribution < -0.4 is 27.6 Å². The first kappa shape index (κ1) is 22.1. The lowest BCUT2D eigenvalue weighted by molar-refractivity contribution is -0.130. The minimum Gasteiger partial charge on any atom is -0.339 e. The largest absolute Gasteiger partial charge is 0.339 e. The van der Waals surface area contributed by atoms with Crippen LogP contribution in [0.5, 0.6) is 0 Å². The number of hydrogen-bond donors (Lipinski definition) is 6. The highest BCUT2D eigenvalue weighted by Crippen LogP contribution is 2.06. The molecule has 2 aromatic carbocycles. The van der Waals surface area contributed by atoms with Crippen molar-refractivity contribution in [1.82, 2.24) is 16.1 Å². The van der Waals surface area contributed by atoms with Gasteiger partial charge in [-0.25, -0.2) is 5.48 Å². The first-order valence-electron chi connectivity index (χ1n) is 9.14. The third-order valence-electron chi connectivity index (χ3n) is 4.07. The number of carbonyl (C=O) groups excluding carboxylic acids is 2. The summed E-state index contributed by atoms with van der Waals surface area (Å²) in [5, 5.41) is 14.3. The number of hydroxylamine groups is 1. The van der Waals surface area contributed by atoms with Gasteiger partial charge < -0.3 is 22.1 Å². The second-order valence-corrected chi connectivity index (χ2v) is 6.23. The average molecular weight is 395 g/mol. The Labute approximate surface area is 169 Å². The Kier molecular flexibility index (Phi) is 8.82. The van der Waals surface area contributed by atoms with Gasteiger partial charge in [-0.1, -0.05) is 24.0 Å². The molecule has 0 bridgehead atoms. The van der Waals surface area contributed by atoms with E-state index in [2.05, 4.69) is 22.5 Å². The molecule has 0 saturated carbocycles. The van der Waals surface area contributed by atoms with Gasteiger partial charge in [0.05, 0.1) is 0 Å². The first-order chi connectivity index (χ1) is 14.1. The number of nitrogens with one attached hydrogen (secondary N) is 3. The molecule has 0 aliphatic rings. The van der Waals surface area contributed by atoms with Gasteiger partial charge in [0.15, 0.2) is 0 Å². The molecule has 0 saturated heterocycles. The minimum atomic E-state index is -1.01. The van der Waals surface area contributed by atoms with Gasteiger partial charge in [-0.15, -0.1) is 0 Å². The molecule has 8 nitrogen and oxygen atoms in total. The number of hydrogen-bond acceptors (Lipinski definition) is 6. The van der Waals surface area contributed by atoms with Crippen LogP contribution >= 0.6 is 0 Å². The van der Waals surface area contributed by atoms with Crippen molar-refractivity contribution in [2.45, 2.75) is 12.6 Å². The number of rotatable bonds is 8. The minimum absolute atomic E-state index is 0.135. The third kappa shape index (κ3) is 7.03. The summed E-state index contributed by atoms with van der Waals surface area (Å²) in [6.45, 7) is 2.01. The molecule has 2 amide bonds. The van der Waals surface area contributed by atoms with Crippen LogP contribution in [-0.4, -0.2) is 42.7 Å². The van der Waals surface area contributed by atoms with E-state index in [0.717, 1.165) is 29.8 Å². The van der Waals surface area contributed by atoms with Gasteiger partial charge in [0.2, 0.25) is 0 Å². The second-order valence-electron chi connectivity index (χ2n) is 6.23. The van der Waals surface area contributed by atoms with E-state index in [0.29, 0.717) is 12.1 Å². The normalized spacial score (nSPS) is 11.1. The molecule has 0 radical (unpaired) electrons. The lowest BCUT2D eigenvalue weighted by atomic mass is 10.1. The van der Waals surface area contributed by atoms with Gasteiger partial charge in [-0.3, -0.25) is 14.8 Å². The first-order valence-corrected chi connectivity index (χ1v) is 9.14. The highest BCUT2D eigenvalue weighted by atomic mass is 16.5. The fourth-order valence-corrected chi connectivity index (χ4v) is 2.44. The van der Waals surface area contributed by atoms with Crippen LogP contribution in [0, 0.1) is 11.8 Å². The Morgan fingerprint density at radius 2 is 1.55 bits per heavy atom. The molecular weight excluding hydrogens is 370 g/mol. The molecule has 0 unspecified atom stereocenters. The molecule has 8 heteroatoms. The van der Waals surface area contributed by atoms with Crippen LogP contribution in [0.3, 0.4) is 0 Å². The van der Waals surface area contributed by atoms with E-state index in [1.54, 1.807) is 24.3 Å². The molecular formula is C21H25N5O3. The molecule has 0 aliphatic heterocycles. The Balaban J connectivity index is 1.97. The van der Waals surface area contributed by atoms with E-state index >= 15 is 0 Å². The van der Waals surface area contributed by atoms with Gasteiger partial charge >= 0.3 is 0 Å². The number of nitrogens with two attached hydrogens (primary N) is 2. The second kappa shape index (κ2) is 11.6. The maximum absolute atomic E-state index is 12.2. The number of amides is 2. The Morgan fingerprint density at radius 1 is 0.966 bits per heavy atom. The summed E-state index contributed by atoms with van der Waals surface area (Å²) in [5.74, 6) is 4.88. The monoisotopic (exact) mass is 395 g/mol. The smallest absolute Gasteiger partial charge is 0.267 e. The van der Waals surface area contributed by atoms with E-state index in [1.165, 1.54) is 5.48 Å². The zero-order valence-electron chi connectivity index (χ0n) is 15.9. The molecule has 152 valence electrons. The maximum Gasteiger partial charge on any atom is 0.267 e. The van der Waals surface area contributed by atoms with Crippen LogP contribution in [0.2, 0.25) is 0 Å². The van der Waals surface area contributed by atoms with Crippen LogP contribution in [0.1, 0.15) is 27.0 Å². The van der Waals surface area contributed by atoms with Crippen molar-refractivity contribution in [3.05, 3.63) is 70.8 Å². The average Bonchev–Trinajstić information content (AvgIpc) is 2.76. The summed E-state index contributed by atoms with van der Waals surface area (Å²) in [7, 11) is 0. The highest BCUT2D eigenvalue weighted by Gasteiger charge is 2.19. The number of carbonyl (C=O) groups is 2. The fourth-order valence-electron chi connectivity index (χ4n) is 2.44. The molecule has 8 N–H and O–H groups in total. The summed E-state index contributed by atoms with van der Waals surface area (Å²) in [5.41, 5.74) is 15.5. The van der Waals surface area contributed by atoms with Crippen LogP contribution in [0.15, 0.2) is 48.5 Å². The van der Waals surface area contributed by atoms with Gasteiger partial charge in [0, 0.05) is 42.9 Å². The van der Waals surface area contributed by atoms with E-state index in [9.17, 15) is 9.59 Å². The van der Waals surface area contributed by atoms with Crippen molar-refractivity contribution < 1.29 is 14.8 Å². The molecule has 0 spiro atoms. The van der Waals surface area contributed by atoms with Crippen molar-refractivity contribution >= 4 is 11.8 Å². The SMILES string of the molecule is NCCNCc1ccc(C#Cc2ccc(C(=O)N[C@@H](CN)C(=O)NO)cc2)cc1. The Hall–Kier alpha value is -3.22. The molecule has 0 aliphatic carbocycles. The molecule has 0 fully saturated rings. The molecule has 2 aromatic rings. The van der Waals surface area contributed by atoms with Crippen LogP contribution in [0.25, 0.3) is 0 Å². The summed E-state index contributed by atoms with van der Waals surface area (Å²) >= 11 is 0. The summed E-state index contributed by atoms with van der Waals surface area (Å²) in [4.78, 5) is 23.6. The topological polar surface area (TPSA) is 142 Å². The van der Waals surface area contributed by atoms with E-state index < -0.39 is 17.9 Å². The fraction of sp³-hybridized carbons (Fsp3) is 0.238. The van der Waals surface area contributed by atoms with Gasteiger partial charge in [0.1, 0.15) is 6.04 Å². The van der Waals surface area contributed by atoms with Crippen molar-refractivity contribution in [2.75, 3.05) is 19.6 Å². The predicted octanol–water partition coefficient (Wildman–Crippen LogP) is -0.303. The summed E-state index contributed by atoms with van der Waals surface area (Å²) < 4.78 is 0. The van der Waals surface area contributed by atoms with Crippen LogP contribution in [0.4, 0.5) is 0 Å². The molecule has 1 atom stereocenters. The number of benzene rings is 2. The highest BCUT2D eigenvalue weighted by molar-refractivity contribution is 5.97. The van der Waals surface area contributed by atoms with E-state index in [1.807, 2.05) is 24.3 Å². The quantitative estimate of drug-likeness (QED) is 0.157. The van der Waals surface area contributed by atoms with Crippen molar-refractivity contribution in [3.63, 3.8) is 0 Å². The maximum atomic E-state index is 12.2. The Bertz CT molecular complexity index is 870.